The van der Waals surface area contributed by atoms with Crippen LogP contribution >= 0.6 is 11.3 Å². The largest absolute Gasteiger partial charge is 0.391 e. The fraction of sp³-hybridized carbons (Fsp3) is 0.431. The summed E-state index contributed by atoms with van der Waals surface area (Å²) in [6, 6.07) is 25.0. The first-order chi connectivity index (χ1) is 33.1. The lowest BCUT2D eigenvalue weighted by atomic mass is 9.85. The summed E-state index contributed by atoms with van der Waals surface area (Å²) in [6.45, 7) is 12.2. The molecule has 69 heavy (non-hydrogen) atoms. The molecule has 2 aromatic heterocycles. The second-order valence-corrected chi connectivity index (χ2v) is 18.9. The Labute approximate surface area is 408 Å². The van der Waals surface area contributed by atoms with Gasteiger partial charge in [-0.25, -0.2) is 9.97 Å². The van der Waals surface area contributed by atoms with Crippen molar-refractivity contribution in [1.29, 1.82) is 0 Å². The average Bonchev–Trinajstić information content (AvgIpc) is 3.94. The van der Waals surface area contributed by atoms with E-state index in [0.29, 0.717) is 51.0 Å². The molecular weight excluding hydrogens is 899 g/mol. The lowest BCUT2D eigenvalue weighted by molar-refractivity contribution is -0.144. The number of carbonyl (C=O) groups is 4. The number of thiazole rings is 1. The molecule has 1 aliphatic heterocycles. The zero-order chi connectivity index (χ0) is 49.3. The van der Waals surface area contributed by atoms with Gasteiger partial charge in [0.15, 0.2) is 0 Å². The van der Waals surface area contributed by atoms with Crippen molar-refractivity contribution in [2.24, 2.45) is 5.41 Å². The fourth-order valence-corrected chi connectivity index (χ4v) is 8.40. The third-order valence-corrected chi connectivity index (χ3v) is 12.3. The van der Waals surface area contributed by atoms with Crippen LogP contribution in [0.5, 0.6) is 0 Å². The van der Waals surface area contributed by atoms with Crippen LogP contribution in [-0.4, -0.2) is 127 Å². The van der Waals surface area contributed by atoms with E-state index in [2.05, 4.69) is 36.2 Å². The van der Waals surface area contributed by atoms with Gasteiger partial charge in [-0.1, -0.05) is 75.4 Å². The van der Waals surface area contributed by atoms with Crippen molar-refractivity contribution < 1.29 is 38.5 Å². The minimum Gasteiger partial charge on any atom is -0.391 e. The first kappa shape index (κ1) is 52.1. The molecule has 6 rings (SSSR count). The van der Waals surface area contributed by atoms with Crippen molar-refractivity contribution in [3.05, 3.63) is 113 Å². The number of aryl methyl sites for hydroxylation is 2. The monoisotopic (exact) mass is 963 g/mol. The number of anilines is 4. The number of hydrogen-bond donors (Lipinski definition) is 5. The molecule has 1 fully saturated rings. The van der Waals surface area contributed by atoms with Crippen molar-refractivity contribution in [3.8, 4) is 10.4 Å². The summed E-state index contributed by atoms with van der Waals surface area (Å²) in [7, 11) is 1.93. The van der Waals surface area contributed by atoms with Gasteiger partial charge in [-0.05, 0) is 60.2 Å². The SMILES string of the molecule is Cc1cc(N(C)CCOCCOCCOCCC(=O)N[C@H](C(=O)N2C[C@H](O)C[C@H]2C(=O)NCc2ccc(-c3scnc3C)cc2)C(C)(C)C)nc(Nc2ccc(NC(=O)Cc3ccccc3)cc2)n1. The normalized spacial score (nSPS) is 15.1. The molecule has 0 radical (unpaired) electrons. The number of ether oxygens (including phenoxy) is 3. The third kappa shape index (κ3) is 16.1. The lowest BCUT2D eigenvalue weighted by Crippen LogP contribution is -2.57. The highest BCUT2D eigenvalue weighted by atomic mass is 32.1. The van der Waals surface area contributed by atoms with Gasteiger partial charge in [0.25, 0.3) is 0 Å². The zero-order valence-corrected chi connectivity index (χ0v) is 41.1. The number of nitrogens with one attached hydrogen (secondary N) is 4. The van der Waals surface area contributed by atoms with E-state index in [9.17, 15) is 24.3 Å². The molecule has 0 saturated carbocycles. The molecule has 3 atom stereocenters. The van der Waals surface area contributed by atoms with E-state index in [1.807, 2.05) is 137 Å². The molecule has 4 amide bonds. The summed E-state index contributed by atoms with van der Waals surface area (Å²) in [5.74, 6) is -0.0504. The van der Waals surface area contributed by atoms with Crippen LogP contribution in [0.3, 0.4) is 0 Å². The van der Waals surface area contributed by atoms with Crippen LogP contribution in [0.25, 0.3) is 10.4 Å². The number of aromatic nitrogens is 3. The number of likely N-dealkylation sites (N-methyl/N-ethyl adjacent to an activating group) is 1. The topological polar surface area (TPSA) is 209 Å². The second-order valence-electron chi connectivity index (χ2n) is 18.1. The van der Waals surface area contributed by atoms with Gasteiger partial charge >= 0.3 is 0 Å². The highest BCUT2D eigenvalue weighted by Crippen LogP contribution is 2.29. The fourth-order valence-electron chi connectivity index (χ4n) is 7.59. The molecule has 3 aromatic carbocycles. The predicted molar refractivity (Wildman–Crippen MR) is 267 cm³/mol. The highest BCUT2D eigenvalue weighted by Gasteiger charge is 2.44. The Balaban J connectivity index is 0.833. The zero-order valence-electron chi connectivity index (χ0n) is 40.3. The van der Waals surface area contributed by atoms with Gasteiger partial charge in [-0.2, -0.15) is 4.98 Å². The molecule has 368 valence electrons. The number of hydrogen-bond acceptors (Lipinski definition) is 14. The van der Waals surface area contributed by atoms with Crippen LogP contribution in [0, 0.1) is 19.3 Å². The minimum atomic E-state index is -0.931. The van der Waals surface area contributed by atoms with E-state index in [1.165, 1.54) is 4.90 Å². The minimum absolute atomic E-state index is 0.00580. The summed E-state index contributed by atoms with van der Waals surface area (Å²) in [5, 5.41) is 22.5. The maximum absolute atomic E-state index is 14.0. The maximum atomic E-state index is 14.0. The Kier molecular flexibility index (Phi) is 19.1. The molecule has 5 aromatic rings. The van der Waals surface area contributed by atoms with Gasteiger partial charge in [0.1, 0.15) is 17.9 Å². The van der Waals surface area contributed by atoms with Crippen molar-refractivity contribution in [2.45, 2.75) is 78.6 Å². The standard InChI is InChI=1S/C51H65N9O8S/c1-34-28-43(57-50(54-34)56-40-18-16-39(17-19-40)55-45(63)29-36-10-8-7-9-11-36)59(6)21-23-67-25-27-68-26-24-66-22-20-44(62)58-47(51(3,4)5)49(65)60-32-41(61)30-42(60)48(64)52-31-37-12-14-38(15-13-37)46-35(2)53-33-69-46/h7-19,28,33,41-42,47,61H,20-27,29-32H2,1-6H3,(H,52,64)(H,55,63)(H,58,62)(H,54,56,57)/t41-,42+,47-/m1/s1. The molecule has 0 spiro atoms. The van der Waals surface area contributed by atoms with Gasteiger partial charge in [0.2, 0.25) is 29.6 Å². The number of β-amino-alcohol motifs (C(OH)–C–C–N with tert-alkyl or cyclic N) is 1. The molecule has 0 unspecified atom stereocenters. The quantitative estimate of drug-likeness (QED) is 0.0462. The van der Waals surface area contributed by atoms with Crippen molar-refractivity contribution in [1.82, 2.24) is 30.5 Å². The average molecular weight is 964 g/mol. The number of benzene rings is 3. The van der Waals surface area contributed by atoms with Gasteiger partial charge in [-0.15, -0.1) is 11.3 Å². The van der Waals surface area contributed by atoms with Crippen LogP contribution in [0.2, 0.25) is 0 Å². The van der Waals surface area contributed by atoms with Crippen molar-refractivity contribution in [3.63, 3.8) is 0 Å². The number of amides is 4. The van der Waals surface area contributed by atoms with E-state index in [-0.39, 0.29) is 56.9 Å². The van der Waals surface area contributed by atoms with E-state index in [4.69, 9.17) is 14.2 Å². The van der Waals surface area contributed by atoms with Crippen molar-refractivity contribution >= 4 is 58.1 Å². The molecule has 17 nitrogen and oxygen atoms in total. The van der Waals surface area contributed by atoms with Crippen LogP contribution in [0.4, 0.5) is 23.1 Å². The Morgan fingerprint density at radius 1 is 0.841 bits per heavy atom. The first-order valence-corrected chi connectivity index (χ1v) is 24.1. The molecule has 1 saturated heterocycles. The maximum Gasteiger partial charge on any atom is 0.246 e. The number of aliphatic hydroxyl groups excluding tert-OH is 1. The summed E-state index contributed by atoms with van der Waals surface area (Å²) < 4.78 is 17.1. The Bertz CT molecular complexity index is 2450. The number of nitrogens with zero attached hydrogens (tertiary/aromatic N) is 5. The highest BCUT2D eigenvalue weighted by molar-refractivity contribution is 7.13. The van der Waals surface area contributed by atoms with Gasteiger partial charge < -0.3 is 50.4 Å². The Morgan fingerprint density at radius 3 is 2.17 bits per heavy atom. The Morgan fingerprint density at radius 2 is 1.51 bits per heavy atom. The third-order valence-electron chi connectivity index (χ3n) is 11.4. The summed E-state index contributed by atoms with van der Waals surface area (Å²) >= 11 is 1.57. The van der Waals surface area contributed by atoms with Gasteiger partial charge in [0, 0.05) is 62.7 Å². The molecular formula is C51H65N9O8S. The molecule has 5 N–H and O–H groups in total. The lowest BCUT2D eigenvalue weighted by Gasteiger charge is -2.35. The molecule has 0 aliphatic carbocycles. The van der Waals surface area contributed by atoms with E-state index in [0.717, 1.165) is 44.5 Å². The molecule has 3 heterocycles. The van der Waals surface area contributed by atoms with Crippen LogP contribution < -0.4 is 26.2 Å². The number of aliphatic hydroxyl groups is 1. The van der Waals surface area contributed by atoms with Crippen LogP contribution in [0.1, 0.15) is 56.1 Å². The number of likely N-dealkylation sites (tertiary alicyclic amines) is 1. The molecule has 18 heteroatoms. The van der Waals surface area contributed by atoms with E-state index < -0.39 is 29.5 Å². The van der Waals surface area contributed by atoms with Crippen molar-refractivity contribution in [2.75, 3.05) is 75.3 Å². The predicted octanol–water partition coefficient (Wildman–Crippen LogP) is 5.83. The smallest absolute Gasteiger partial charge is 0.246 e. The number of rotatable bonds is 24. The first-order valence-electron chi connectivity index (χ1n) is 23.2. The summed E-state index contributed by atoms with van der Waals surface area (Å²) in [6.07, 6.45) is -0.433. The molecule has 0 bridgehead atoms. The van der Waals surface area contributed by atoms with E-state index in [1.54, 1.807) is 11.3 Å². The Hall–Kier alpha value is -6.31. The van der Waals surface area contributed by atoms with E-state index >= 15 is 0 Å². The van der Waals surface area contributed by atoms with Gasteiger partial charge in [-0.3, -0.25) is 19.2 Å². The van der Waals surface area contributed by atoms with Crippen LogP contribution in [-0.2, 0) is 46.4 Å². The summed E-state index contributed by atoms with van der Waals surface area (Å²) in [5.41, 5.74) is 7.28. The molecule has 1 aliphatic rings. The second kappa shape index (κ2) is 25.3. The summed E-state index contributed by atoms with van der Waals surface area (Å²) in [4.78, 5) is 70.9. The van der Waals surface area contributed by atoms with Gasteiger partial charge in [0.05, 0.1) is 68.2 Å². The van der Waals surface area contributed by atoms with Crippen LogP contribution in [0.15, 0.2) is 90.4 Å². The number of carbonyl (C=O) groups excluding carboxylic acids is 4.